The first-order valence-electron chi connectivity index (χ1n) is 7.10. The molecule has 20 heavy (non-hydrogen) atoms. The Hall–Kier alpha value is -1.40. The molecule has 1 aromatic heterocycles. The average Bonchev–Trinajstić information content (AvgIpc) is 2.45. The minimum absolute atomic E-state index is 0.0296. The molecule has 1 aliphatic rings. The number of ether oxygens (including phenoxy) is 1. The van der Waals surface area contributed by atoms with E-state index in [4.69, 9.17) is 4.74 Å². The van der Waals surface area contributed by atoms with Crippen molar-refractivity contribution in [2.24, 2.45) is 0 Å². The van der Waals surface area contributed by atoms with E-state index in [-0.39, 0.29) is 18.8 Å². The molecule has 0 aromatic carbocycles. The smallest absolute Gasteiger partial charge is 0.137 e. The van der Waals surface area contributed by atoms with Gasteiger partial charge in [-0.2, -0.15) is 0 Å². The molecule has 1 fully saturated rings. The van der Waals surface area contributed by atoms with Crippen LogP contribution in [0.5, 0.6) is 0 Å². The van der Waals surface area contributed by atoms with Crippen LogP contribution in [0, 0.1) is 0 Å². The Morgan fingerprint density at radius 2 is 2.20 bits per heavy atom. The molecule has 2 heterocycles. The maximum Gasteiger partial charge on any atom is 0.137 e. The lowest BCUT2D eigenvalue weighted by Gasteiger charge is -2.38. The summed E-state index contributed by atoms with van der Waals surface area (Å²) in [5, 5.41) is 12.5. The van der Waals surface area contributed by atoms with Crippen LogP contribution in [-0.2, 0) is 4.74 Å². The number of rotatable bonds is 4. The minimum atomic E-state index is -0.160. The molecule has 0 bridgehead atoms. The van der Waals surface area contributed by atoms with Crippen LogP contribution in [0.25, 0.3) is 0 Å². The SMILES string of the molecule is CNc1ncnc(N2CC(C)OC(CO)C2)c1C(C)C. The monoisotopic (exact) mass is 280 g/mol. The van der Waals surface area contributed by atoms with E-state index in [1.54, 1.807) is 6.33 Å². The molecule has 0 saturated carbocycles. The third kappa shape index (κ3) is 3.02. The summed E-state index contributed by atoms with van der Waals surface area (Å²) in [5.41, 5.74) is 1.11. The Kier molecular flexibility index (Phi) is 4.77. The summed E-state index contributed by atoms with van der Waals surface area (Å²) in [7, 11) is 1.87. The van der Waals surface area contributed by atoms with Gasteiger partial charge in [0.25, 0.3) is 0 Å². The highest BCUT2D eigenvalue weighted by atomic mass is 16.5. The van der Waals surface area contributed by atoms with Crippen LogP contribution in [0.3, 0.4) is 0 Å². The number of nitrogens with one attached hydrogen (secondary N) is 1. The fraction of sp³-hybridized carbons (Fsp3) is 0.714. The van der Waals surface area contributed by atoms with E-state index in [0.717, 1.165) is 23.7 Å². The van der Waals surface area contributed by atoms with Crippen molar-refractivity contribution < 1.29 is 9.84 Å². The zero-order chi connectivity index (χ0) is 14.7. The van der Waals surface area contributed by atoms with E-state index in [2.05, 4.69) is 34.0 Å². The molecular weight excluding hydrogens is 256 g/mol. The number of aliphatic hydroxyl groups is 1. The van der Waals surface area contributed by atoms with Crippen LogP contribution < -0.4 is 10.2 Å². The zero-order valence-corrected chi connectivity index (χ0v) is 12.6. The molecule has 0 aliphatic carbocycles. The second-order valence-corrected chi connectivity index (χ2v) is 5.52. The maximum absolute atomic E-state index is 9.36. The van der Waals surface area contributed by atoms with Crippen molar-refractivity contribution in [3.8, 4) is 0 Å². The predicted molar refractivity (Wildman–Crippen MR) is 79.3 cm³/mol. The van der Waals surface area contributed by atoms with E-state index in [1.165, 1.54) is 0 Å². The molecule has 0 spiro atoms. The number of morpholine rings is 1. The van der Waals surface area contributed by atoms with Gasteiger partial charge in [-0.05, 0) is 12.8 Å². The Balaban J connectivity index is 2.36. The van der Waals surface area contributed by atoms with Gasteiger partial charge in [-0.25, -0.2) is 9.97 Å². The van der Waals surface area contributed by atoms with Gasteiger partial charge in [0.1, 0.15) is 18.0 Å². The molecule has 1 aliphatic heterocycles. The third-order valence-corrected chi connectivity index (χ3v) is 3.51. The van der Waals surface area contributed by atoms with Crippen LogP contribution >= 0.6 is 0 Å². The van der Waals surface area contributed by atoms with Gasteiger partial charge in [0.15, 0.2) is 0 Å². The summed E-state index contributed by atoms with van der Waals surface area (Å²) >= 11 is 0. The van der Waals surface area contributed by atoms with E-state index in [0.29, 0.717) is 12.5 Å². The quantitative estimate of drug-likeness (QED) is 0.864. The molecule has 0 radical (unpaired) electrons. The van der Waals surface area contributed by atoms with E-state index in [9.17, 15) is 5.11 Å². The molecule has 6 nitrogen and oxygen atoms in total. The summed E-state index contributed by atoms with van der Waals surface area (Å²) in [5.74, 6) is 2.12. The lowest BCUT2D eigenvalue weighted by molar-refractivity contribution is -0.0423. The number of hydrogen-bond acceptors (Lipinski definition) is 6. The number of aliphatic hydroxyl groups excluding tert-OH is 1. The summed E-state index contributed by atoms with van der Waals surface area (Å²) in [6, 6.07) is 0. The van der Waals surface area contributed by atoms with Crippen molar-refractivity contribution in [1.82, 2.24) is 9.97 Å². The molecule has 112 valence electrons. The van der Waals surface area contributed by atoms with Crippen molar-refractivity contribution in [2.45, 2.75) is 38.9 Å². The second-order valence-electron chi connectivity index (χ2n) is 5.52. The van der Waals surface area contributed by atoms with Crippen molar-refractivity contribution in [1.29, 1.82) is 0 Å². The lowest BCUT2D eigenvalue weighted by Crippen LogP contribution is -2.48. The van der Waals surface area contributed by atoms with Crippen LogP contribution in [0.2, 0.25) is 0 Å². The molecule has 2 rings (SSSR count). The normalized spacial score (nSPS) is 23.2. The van der Waals surface area contributed by atoms with Gasteiger partial charge in [-0.15, -0.1) is 0 Å². The topological polar surface area (TPSA) is 70.5 Å². The van der Waals surface area contributed by atoms with Crippen LogP contribution in [0.1, 0.15) is 32.3 Å². The van der Waals surface area contributed by atoms with Gasteiger partial charge in [0.05, 0.1) is 18.8 Å². The predicted octanol–water partition coefficient (Wildman–Crippen LogP) is 1.23. The average molecular weight is 280 g/mol. The molecule has 2 N–H and O–H groups in total. The standard InChI is InChI=1S/C14H24N4O2/c1-9(2)12-13(15-4)16-8-17-14(12)18-5-10(3)20-11(6-18)7-19/h8-11,19H,5-7H2,1-4H3,(H,15,16,17). The van der Waals surface area contributed by atoms with E-state index in [1.807, 2.05) is 14.0 Å². The van der Waals surface area contributed by atoms with Gasteiger partial charge in [-0.3, -0.25) is 0 Å². The molecule has 2 unspecified atom stereocenters. The van der Waals surface area contributed by atoms with Crippen molar-refractivity contribution in [3.05, 3.63) is 11.9 Å². The highest BCUT2D eigenvalue weighted by molar-refractivity contribution is 5.60. The fourth-order valence-corrected chi connectivity index (χ4v) is 2.69. The lowest BCUT2D eigenvalue weighted by atomic mass is 10.0. The summed E-state index contributed by atoms with van der Waals surface area (Å²) < 4.78 is 5.69. The number of nitrogens with zero attached hydrogens (tertiary/aromatic N) is 3. The minimum Gasteiger partial charge on any atom is -0.394 e. The van der Waals surface area contributed by atoms with Gasteiger partial charge in [0, 0.05) is 25.7 Å². The van der Waals surface area contributed by atoms with Gasteiger partial charge in [-0.1, -0.05) is 13.8 Å². The van der Waals surface area contributed by atoms with Gasteiger partial charge >= 0.3 is 0 Å². The first kappa shape index (κ1) is 15.0. The second kappa shape index (κ2) is 6.37. The maximum atomic E-state index is 9.36. The Morgan fingerprint density at radius 1 is 1.45 bits per heavy atom. The fourth-order valence-electron chi connectivity index (χ4n) is 2.69. The highest BCUT2D eigenvalue weighted by Crippen LogP contribution is 2.32. The molecule has 1 saturated heterocycles. The van der Waals surface area contributed by atoms with Crippen molar-refractivity contribution in [2.75, 3.05) is 37.0 Å². The Labute approximate surface area is 120 Å². The zero-order valence-electron chi connectivity index (χ0n) is 12.6. The van der Waals surface area contributed by atoms with E-state index < -0.39 is 0 Å². The highest BCUT2D eigenvalue weighted by Gasteiger charge is 2.28. The van der Waals surface area contributed by atoms with Gasteiger partial charge in [0.2, 0.25) is 0 Å². The molecule has 6 heteroatoms. The molecular formula is C14H24N4O2. The first-order valence-corrected chi connectivity index (χ1v) is 7.10. The summed E-state index contributed by atoms with van der Waals surface area (Å²) in [6.45, 7) is 7.75. The Bertz CT molecular complexity index is 453. The largest absolute Gasteiger partial charge is 0.394 e. The van der Waals surface area contributed by atoms with Crippen molar-refractivity contribution >= 4 is 11.6 Å². The number of hydrogen-bond donors (Lipinski definition) is 2. The van der Waals surface area contributed by atoms with Crippen molar-refractivity contribution in [3.63, 3.8) is 0 Å². The third-order valence-electron chi connectivity index (χ3n) is 3.51. The summed E-state index contributed by atoms with van der Waals surface area (Å²) in [6.07, 6.45) is 1.50. The van der Waals surface area contributed by atoms with Crippen LogP contribution in [-0.4, -0.2) is 54.0 Å². The molecule has 1 aromatic rings. The molecule has 2 atom stereocenters. The van der Waals surface area contributed by atoms with Gasteiger partial charge < -0.3 is 20.1 Å². The van der Waals surface area contributed by atoms with Crippen LogP contribution in [0.4, 0.5) is 11.6 Å². The Morgan fingerprint density at radius 3 is 2.80 bits per heavy atom. The first-order chi connectivity index (χ1) is 9.56. The summed E-state index contributed by atoms with van der Waals surface area (Å²) in [4.78, 5) is 11.0. The molecule has 0 amide bonds. The number of anilines is 2. The van der Waals surface area contributed by atoms with E-state index >= 15 is 0 Å². The van der Waals surface area contributed by atoms with Crippen LogP contribution in [0.15, 0.2) is 6.33 Å². The number of aromatic nitrogens is 2.